The summed E-state index contributed by atoms with van der Waals surface area (Å²) in [6.45, 7) is 15.6. The van der Waals surface area contributed by atoms with E-state index in [4.69, 9.17) is 16.3 Å². The van der Waals surface area contributed by atoms with Gasteiger partial charge in [0.25, 0.3) is 0 Å². The van der Waals surface area contributed by atoms with Gasteiger partial charge in [-0.3, -0.25) is 0 Å². The Morgan fingerprint density at radius 3 is 2.24 bits per heavy atom. The number of rotatable bonds is 7. The van der Waals surface area contributed by atoms with Crippen molar-refractivity contribution < 1.29 is 4.74 Å². The van der Waals surface area contributed by atoms with E-state index in [1.54, 1.807) is 6.08 Å². The normalized spacial score (nSPS) is 15.0. The molecule has 0 N–H and O–H groups in total. The van der Waals surface area contributed by atoms with Gasteiger partial charge in [-0.05, 0) is 27.8 Å². The molecule has 0 aromatic heterocycles. The highest BCUT2D eigenvalue weighted by atomic mass is 35.5. The Hall–Kier alpha value is -1.25. The maximum atomic E-state index is 6.73. The van der Waals surface area contributed by atoms with Crippen molar-refractivity contribution in [2.24, 2.45) is 0 Å². The van der Waals surface area contributed by atoms with E-state index in [9.17, 15) is 0 Å². The highest BCUT2D eigenvalue weighted by molar-refractivity contribution is 6.94. The first-order valence-corrected chi connectivity index (χ1v) is 12.1. The Balaban J connectivity index is 2.72. The van der Waals surface area contributed by atoms with Crippen molar-refractivity contribution in [2.75, 3.05) is 6.61 Å². The smallest absolute Gasteiger partial charge is 0.137 e. The zero-order valence-corrected chi connectivity index (χ0v) is 18.0. The van der Waals surface area contributed by atoms with Crippen LogP contribution >= 0.6 is 11.6 Å². The summed E-state index contributed by atoms with van der Waals surface area (Å²) in [5.41, 5.74) is 1.83. The van der Waals surface area contributed by atoms with Gasteiger partial charge in [-0.15, -0.1) is 0 Å². The molecule has 136 valence electrons. The Morgan fingerprint density at radius 2 is 1.76 bits per heavy atom. The maximum absolute atomic E-state index is 6.73. The fraction of sp³-hybridized carbons (Fsp3) is 0.455. The third-order valence-electron chi connectivity index (χ3n) is 5.44. The minimum atomic E-state index is -1.84. The predicted molar refractivity (Wildman–Crippen MR) is 114 cm³/mol. The molecule has 1 aliphatic carbocycles. The number of halogens is 1. The maximum Gasteiger partial charge on any atom is 0.137 e. The molecule has 0 unspecified atom stereocenters. The number of hydrogen-bond donors (Lipinski definition) is 0. The molecule has 2 rings (SSSR count). The van der Waals surface area contributed by atoms with Gasteiger partial charge in [0.1, 0.15) is 20.4 Å². The van der Waals surface area contributed by atoms with Crippen LogP contribution in [0.4, 0.5) is 0 Å². The minimum absolute atomic E-state index is 0.0539. The molecule has 0 spiro atoms. The fourth-order valence-corrected chi connectivity index (χ4v) is 8.75. The Morgan fingerprint density at radius 1 is 1.16 bits per heavy atom. The van der Waals surface area contributed by atoms with E-state index in [0.29, 0.717) is 12.1 Å². The lowest BCUT2D eigenvalue weighted by atomic mass is 9.87. The van der Waals surface area contributed by atoms with Crippen molar-refractivity contribution in [1.29, 1.82) is 0 Å². The molecule has 0 saturated carbocycles. The zero-order valence-electron chi connectivity index (χ0n) is 16.2. The number of ether oxygens (including phenoxy) is 1. The quantitative estimate of drug-likeness (QED) is 0.396. The van der Waals surface area contributed by atoms with Gasteiger partial charge >= 0.3 is 0 Å². The van der Waals surface area contributed by atoms with E-state index in [-0.39, 0.29) is 5.41 Å². The first kappa shape index (κ1) is 20.1. The first-order valence-electron chi connectivity index (χ1n) is 9.23. The summed E-state index contributed by atoms with van der Waals surface area (Å²) in [6, 6.07) is 6.78. The van der Waals surface area contributed by atoms with Crippen molar-refractivity contribution in [3.8, 4) is 5.75 Å². The van der Waals surface area contributed by atoms with Gasteiger partial charge in [-0.25, -0.2) is 0 Å². The van der Waals surface area contributed by atoms with Crippen LogP contribution in [0, 0.1) is 0 Å². The van der Waals surface area contributed by atoms with E-state index in [1.165, 1.54) is 10.8 Å². The van der Waals surface area contributed by atoms with Crippen LogP contribution in [-0.2, 0) is 5.41 Å². The summed E-state index contributed by atoms with van der Waals surface area (Å²) in [7, 11) is -1.84. The first-order chi connectivity index (χ1) is 11.8. The monoisotopic (exact) mass is 374 g/mol. The van der Waals surface area contributed by atoms with E-state index in [2.05, 4.69) is 77.6 Å². The van der Waals surface area contributed by atoms with Crippen LogP contribution in [0.2, 0.25) is 22.7 Å². The summed E-state index contributed by atoms with van der Waals surface area (Å²) < 4.78 is 6.09. The van der Waals surface area contributed by atoms with Gasteiger partial charge < -0.3 is 4.74 Å². The second-order valence-electron chi connectivity index (χ2n) is 7.84. The Kier molecular flexibility index (Phi) is 6.39. The van der Waals surface area contributed by atoms with E-state index in [1.807, 2.05) is 0 Å². The lowest BCUT2D eigenvalue weighted by Crippen LogP contribution is -2.50. The van der Waals surface area contributed by atoms with Crippen molar-refractivity contribution in [2.45, 2.75) is 57.7 Å². The molecular formula is C22H31ClOSi. The second kappa shape index (κ2) is 7.97. The molecule has 0 radical (unpaired) electrons. The van der Waals surface area contributed by atoms with E-state index in [0.717, 1.165) is 22.9 Å². The van der Waals surface area contributed by atoms with Crippen molar-refractivity contribution in [3.63, 3.8) is 0 Å². The van der Waals surface area contributed by atoms with Crippen LogP contribution in [0.5, 0.6) is 5.75 Å². The minimum Gasteiger partial charge on any atom is -0.488 e. The molecular weight excluding hydrogens is 344 g/mol. The molecule has 0 saturated heterocycles. The number of allylic oxidation sites excluding steroid dienone is 4. The number of hydrogen-bond acceptors (Lipinski definition) is 1. The fourth-order valence-electron chi connectivity index (χ4n) is 3.77. The average molecular weight is 375 g/mol. The summed E-state index contributed by atoms with van der Waals surface area (Å²) >= 11 is 6.73. The van der Waals surface area contributed by atoms with Crippen LogP contribution < -0.4 is 9.92 Å². The van der Waals surface area contributed by atoms with Gasteiger partial charge in [0.15, 0.2) is 0 Å². The lowest BCUT2D eigenvalue weighted by Gasteiger charge is -2.37. The third kappa shape index (κ3) is 3.96. The highest BCUT2D eigenvalue weighted by Gasteiger charge is 2.41. The Bertz CT molecular complexity index is 666. The molecule has 25 heavy (non-hydrogen) atoms. The summed E-state index contributed by atoms with van der Waals surface area (Å²) in [5.74, 6) is 0.874. The highest BCUT2D eigenvalue weighted by Crippen LogP contribution is 2.40. The van der Waals surface area contributed by atoms with Crippen LogP contribution in [0.15, 0.2) is 49.1 Å². The lowest BCUT2D eigenvalue weighted by molar-refractivity contribution is 0.365. The van der Waals surface area contributed by atoms with Crippen LogP contribution in [-0.4, -0.2) is 14.7 Å². The molecule has 0 bridgehead atoms. The Labute approximate surface area is 159 Å². The van der Waals surface area contributed by atoms with Gasteiger partial charge in [0.2, 0.25) is 0 Å². The molecule has 1 aromatic rings. The molecule has 1 aliphatic rings. The van der Waals surface area contributed by atoms with Crippen LogP contribution in [0.1, 0.15) is 40.2 Å². The van der Waals surface area contributed by atoms with Crippen molar-refractivity contribution in [3.05, 3.63) is 59.7 Å². The summed E-state index contributed by atoms with van der Waals surface area (Å²) in [6.07, 6.45) is 10.9. The van der Waals surface area contributed by atoms with Gasteiger partial charge in [-0.1, -0.05) is 101 Å². The van der Waals surface area contributed by atoms with Gasteiger partial charge in [0, 0.05) is 0 Å². The molecule has 1 aromatic carbocycles. The predicted octanol–water partition coefficient (Wildman–Crippen LogP) is 6.39. The largest absolute Gasteiger partial charge is 0.488 e. The molecule has 3 heteroatoms. The number of benzene rings is 1. The van der Waals surface area contributed by atoms with Crippen molar-refractivity contribution >= 4 is 24.9 Å². The summed E-state index contributed by atoms with van der Waals surface area (Å²) in [5, 5.41) is 2.09. The van der Waals surface area contributed by atoms with E-state index < -0.39 is 8.07 Å². The molecule has 1 nitrogen and oxygen atoms in total. The van der Waals surface area contributed by atoms with Gasteiger partial charge in [0.05, 0.1) is 5.02 Å². The van der Waals surface area contributed by atoms with Crippen LogP contribution in [0.3, 0.4) is 0 Å². The topological polar surface area (TPSA) is 9.23 Å². The molecule has 0 heterocycles. The SMILES string of the molecule is C=CCOc1c(Cl)cc(C(C)(C)C)cc1[Si](CC)(CC)C1C=CC=C1. The molecule has 0 fully saturated rings. The van der Waals surface area contributed by atoms with Gasteiger partial charge in [-0.2, -0.15) is 0 Å². The molecule has 0 atom stereocenters. The molecule has 0 amide bonds. The zero-order chi connectivity index (χ0) is 18.7. The van der Waals surface area contributed by atoms with Crippen molar-refractivity contribution in [1.82, 2.24) is 0 Å². The van der Waals surface area contributed by atoms with Crippen LogP contribution in [0.25, 0.3) is 0 Å². The standard InChI is InChI=1S/C22H31ClOSi/c1-7-14-24-21-19(23)15-17(22(4,5)6)16-20(21)25(8-2,9-3)18-12-10-11-13-18/h7,10-13,15-16,18H,1,8-9,14H2,2-6H3. The second-order valence-corrected chi connectivity index (χ2v) is 13.2. The third-order valence-corrected chi connectivity index (χ3v) is 11.3. The average Bonchev–Trinajstić information content (AvgIpc) is 3.09. The summed E-state index contributed by atoms with van der Waals surface area (Å²) in [4.78, 5) is 0. The molecule has 0 aliphatic heterocycles. The van der Waals surface area contributed by atoms with E-state index >= 15 is 0 Å².